The van der Waals surface area contributed by atoms with E-state index < -0.39 is 10.0 Å². The Labute approximate surface area is 111 Å². The van der Waals surface area contributed by atoms with Gasteiger partial charge in [-0.05, 0) is 12.8 Å². The van der Waals surface area contributed by atoms with E-state index in [4.69, 9.17) is 5.73 Å². The van der Waals surface area contributed by atoms with Crippen LogP contribution in [-0.4, -0.2) is 49.1 Å². The molecule has 8 nitrogen and oxygen atoms in total. The van der Waals surface area contributed by atoms with Crippen molar-refractivity contribution in [2.75, 3.05) is 25.9 Å². The van der Waals surface area contributed by atoms with Gasteiger partial charge in [0.15, 0.2) is 0 Å². The second-order valence-corrected chi connectivity index (χ2v) is 6.26. The van der Waals surface area contributed by atoms with Gasteiger partial charge >= 0.3 is 5.97 Å². The second kappa shape index (κ2) is 5.17. The van der Waals surface area contributed by atoms with E-state index in [2.05, 4.69) is 14.9 Å². The summed E-state index contributed by atoms with van der Waals surface area (Å²) in [6.45, 7) is 0.541. The van der Waals surface area contributed by atoms with Gasteiger partial charge in [0.05, 0.1) is 19.2 Å². The van der Waals surface area contributed by atoms with Crippen molar-refractivity contribution in [2.45, 2.75) is 17.7 Å². The van der Waals surface area contributed by atoms with Crippen LogP contribution in [0.3, 0.4) is 0 Å². The number of nitrogen functional groups attached to an aromatic ring is 1. The number of sulfonamides is 1. The summed E-state index contributed by atoms with van der Waals surface area (Å²) in [5, 5.41) is 6.01. The van der Waals surface area contributed by atoms with Crippen molar-refractivity contribution in [2.24, 2.45) is 5.92 Å². The Morgan fingerprint density at radius 2 is 2.16 bits per heavy atom. The molecule has 0 bridgehead atoms. The zero-order valence-corrected chi connectivity index (χ0v) is 11.3. The Morgan fingerprint density at radius 3 is 2.63 bits per heavy atom. The first kappa shape index (κ1) is 13.8. The number of carbonyl (C=O) groups excluding carboxylic acids is 1. The van der Waals surface area contributed by atoms with Crippen LogP contribution in [0.1, 0.15) is 12.8 Å². The van der Waals surface area contributed by atoms with Crippen molar-refractivity contribution in [3.63, 3.8) is 0 Å². The fourth-order valence-electron chi connectivity index (χ4n) is 2.13. The van der Waals surface area contributed by atoms with Crippen molar-refractivity contribution < 1.29 is 17.9 Å². The van der Waals surface area contributed by atoms with E-state index in [0.717, 1.165) is 0 Å². The van der Waals surface area contributed by atoms with Crippen LogP contribution in [-0.2, 0) is 19.6 Å². The molecule has 1 fully saturated rings. The largest absolute Gasteiger partial charge is 0.469 e. The molecule has 0 atom stereocenters. The molecule has 9 heteroatoms. The first-order valence-electron chi connectivity index (χ1n) is 5.83. The summed E-state index contributed by atoms with van der Waals surface area (Å²) < 4.78 is 30.5. The molecule has 0 aliphatic carbocycles. The number of hydrogen-bond acceptors (Lipinski definition) is 6. The van der Waals surface area contributed by atoms with E-state index in [-0.39, 0.29) is 35.7 Å². The van der Waals surface area contributed by atoms with Gasteiger partial charge in [-0.3, -0.25) is 9.89 Å². The maximum atomic E-state index is 12.3. The summed E-state index contributed by atoms with van der Waals surface area (Å²) >= 11 is 0. The number of nitrogens with two attached hydrogens (primary N) is 1. The minimum atomic E-state index is -3.64. The molecule has 0 unspecified atom stereocenters. The smallest absolute Gasteiger partial charge is 0.308 e. The normalized spacial score (nSPS) is 18.4. The SMILES string of the molecule is COC(=O)C1CCN(S(=O)(=O)c2cn[nH]c2N)CC1. The van der Waals surface area contributed by atoms with Crippen LogP contribution >= 0.6 is 0 Å². The molecule has 1 aromatic heterocycles. The van der Waals surface area contributed by atoms with Crippen LogP contribution in [0.5, 0.6) is 0 Å². The van der Waals surface area contributed by atoms with Gasteiger partial charge < -0.3 is 10.5 Å². The number of aromatic nitrogens is 2. The molecular formula is C10H16N4O4S. The van der Waals surface area contributed by atoms with Crippen LogP contribution in [0.2, 0.25) is 0 Å². The first-order chi connectivity index (χ1) is 8.96. The number of esters is 1. The van der Waals surface area contributed by atoms with Crippen LogP contribution in [0.4, 0.5) is 5.82 Å². The average Bonchev–Trinajstić information content (AvgIpc) is 2.85. The van der Waals surface area contributed by atoms with E-state index >= 15 is 0 Å². The third-order valence-corrected chi connectivity index (χ3v) is 5.16. The Hall–Kier alpha value is -1.61. The van der Waals surface area contributed by atoms with E-state index in [0.29, 0.717) is 12.8 Å². The summed E-state index contributed by atoms with van der Waals surface area (Å²) in [6, 6.07) is 0. The standard InChI is InChI=1S/C10H16N4O4S/c1-18-10(15)7-2-4-14(5-3-7)19(16,17)8-6-12-13-9(8)11/h6-7H,2-5H2,1H3,(H3,11,12,13). The molecule has 106 valence electrons. The minimum absolute atomic E-state index is 0.0232. The quantitative estimate of drug-likeness (QED) is 0.728. The molecule has 0 radical (unpaired) electrons. The van der Waals surface area contributed by atoms with E-state index in [1.165, 1.54) is 17.6 Å². The maximum absolute atomic E-state index is 12.3. The number of carbonyl (C=O) groups is 1. The number of nitrogens with one attached hydrogen (secondary N) is 1. The van der Waals surface area contributed by atoms with Crippen LogP contribution in [0.25, 0.3) is 0 Å². The van der Waals surface area contributed by atoms with E-state index in [9.17, 15) is 13.2 Å². The zero-order valence-electron chi connectivity index (χ0n) is 10.5. The molecule has 19 heavy (non-hydrogen) atoms. The highest BCUT2D eigenvalue weighted by Crippen LogP contribution is 2.26. The van der Waals surface area contributed by atoms with Crippen molar-refractivity contribution in [1.29, 1.82) is 0 Å². The lowest BCUT2D eigenvalue weighted by atomic mass is 9.99. The molecular weight excluding hydrogens is 272 g/mol. The molecule has 0 aromatic carbocycles. The Kier molecular flexibility index (Phi) is 3.76. The summed E-state index contributed by atoms with van der Waals surface area (Å²) in [5.41, 5.74) is 5.53. The van der Waals surface area contributed by atoms with Gasteiger partial charge in [0.2, 0.25) is 10.0 Å². The van der Waals surface area contributed by atoms with Gasteiger partial charge in [0.1, 0.15) is 10.7 Å². The molecule has 2 rings (SSSR count). The van der Waals surface area contributed by atoms with Crippen LogP contribution in [0, 0.1) is 5.92 Å². The predicted octanol–water partition coefficient (Wildman–Crippen LogP) is -0.434. The number of ether oxygens (including phenoxy) is 1. The Balaban J connectivity index is 2.10. The van der Waals surface area contributed by atoms with Gasteiger partial charge in [-0.25, -0.2) is 8.42 Å². The number of rotatable bonds is 3. The molecule has 0 spiro atoms. The third kappa shape index (κ3) is 2.56. The second-order valence-electron chi connectivity index (χ2n) is 4.35. The number of methoxy groups -OCH3 is 1. The molecule has 0 amide bonds. The summed E-state index contributed by atoms with van der Waals surface area (Å²) in [6.07, 6.45) is 2.09. The van der Waals surface area contributed by atoms with E-state index in [1.807, 2.05) is 0 Å². The predicted molar refractivity (Wildman–Crippen MR) is 66.5 cm³/mol. The number of nitrogens with zero attached hydrogens (tertiary/aromatic N) is 2. The Bertz CT molecular complexity index is 560. The molecule has 0 saturated carbocycles. The van der Waals surface area contributed by atoms with Crippen molar-refractivity contribution >= 4 is 21.8 Å². The van der Waals surface area contributed by atoms with Crippen molar-refractivity contribution in [1.82, 2.24) is 14.5 Å². The molecule has 1 saturated heterocycles. The fourth-order valence-corrected chi connectivity index (χ4v) is 3.61. The molecule has 1 aromatic rings. The van der Waals surface area contributed by atoms with Gasteiger partial charge in [-0.2, -0.15) is 9.40 Å². The van der Waals surface area contributed by atoms with Crippen LogP contribution in [0.15, 0.2) is 11.1 Å². The zero-order chi connectivity index (χ0) is 14.0. The minimum Gasteiger partial charge on any atom is -0.469 e. The number of hydrogen-bond donors (Lipinski definition) is 2. The first-order valence-corrected chi connectivity index (χ1v) is 7.27. The highest BCUT2D eigenvalue weighted by molar-refractivity contribution is 7.89. The van der Waals surface area contributed by atoms with Gasteiger partial charge in [-0.1, -0.05) is 0 Å². The highest BCUT2D eigenvalue weighted by atomic mass is 32.2. The van der Waals surface area contributed by atoms with Gasteiger partial charge in [-0.15, -0.1) is 0 Å². The highest BCUT2D eigenvalue weighted by Gasteiger charge is 2.34. The number of aromatic amines is 1. The van der Waals surface area contributed by atoms with Crippen LogP contribution < -0.4 is 5.73 Å². The van der Waals surface area contributed by atoms with Crippen molar-refractivity contribution in [3.05, 3.63) is 6.20 Å². The monoisotopic (exact) mass is 288 g/mol. The maximum Gasteiger partial charge on any atom is 0.308 e. The third-order valence-electron chi connectivity index (χ3n) is 3.24. The lowest BCUT2D eigenvalue weighted by molar-refractivity contribution is -0.146. The lowest BCUT2D eigenvalue weighted by Crippen LogP contribution is -2.40. The molecule has 2 heterocycles. The molecule has 3 N–H and O–H groups in total. The average molecular weight is 288 g/mol. The fraction of sp³-hybridized carbons (Fsp3) is 0.600. The summed E-state index contributed by atoms with van der Waals surface area (Å²) in [7, 11) is -2.31. The summed E-state index contributed by atoms with van der Waals surface area (Å²) in [5.74, 6) is -0.506. The van der Waals surface area contributed by atoms with E-state index in [1.54, 1.807) is 0 Å². The van der Waals surface area contributed by atoms with Gasteiger partial charge in [0.25, 0.3) is 0 Å². The number of piperidine rings is 1. The topological polar surface area (TPSA) is 118 Å². The van der Waals surface area contributed by atoms with Crippen molar-refractivity contribution in [3.8, 4) is 0 Å². The molecule has 1 aliphatic heterocycles. The number of H-pyrrole nitrogens is 1. The summed E-state index contributed by atoms with van der Waals surface area (Å²) in [4.78, 5) is 11.4. The Morgan fingerprint density at radius 1 is 1.53 bits per heavy atom. The number of anilines is 1. The lowest BCUT2D eigenvalue weighted by Gasteiger charge is -2.29. The van der Waals surface area contributed by atoms with Gasteiger partial charge in [0, 0.05) is 13.1 Å². The molecule has 1 aliphatic rings.